The van der Waals surface area contributed by atoms with Crippen LogP contribution >= 0.6 is 0 Å². The number of carbonyl (C=O) groups excluding carboxylic acids is 1. The van der Waals surface area contributed by atoms with Gasteiger partial charge in [0.25, 0.3) is 0 Å². The van der Waals surface area contributed by atoms with E-state index in [-0.39, 0.29) is 30.5 Å². The van der Waals surface area contributed by atoms with Crippen molar-refractivity contribution in [3.63, 3.8) is 0 Å². The number of nitrogens with zero attached hydrogens (tertiary/aromatic N) is 3. The quantitative estimate of drug-likeness (QED) is 0.872. The van der Waals surface area contributed by atoms with E-state index in [4.69, 9.17) is 4.52 Å². The van der Waals surface area contributed by atoms with E-state index in [2.05, 4.69) is 10.1 Å². The van der Waals surface area contributed by atoms with Crippen LogP contribution in [-0.2, 0) is 11.2 Å². The van der Waals surface area contributed by atoms with Gasteiger partial charge in [-0.2, -0.15) is 4.98 Å². The van der Waals surface area contributed by atoms with Crippen LogP contribution in [0.4, 0.5) is 14.5 Å². The molecule has 5 nitrogen and oxygen atoms in total. The summed E-state index contributed by atoms with van der Waals surface area (Å²) in [5.41, 5.74) is 0.204. The maximum Gasteiger partial charge on any atom is 0.232 e. The lowest BCUT2D eigenvalue weighted by Gasteiger charge is -2.16. The smallest absolute Gasteiger partial charge is 0.232 e. The molecule has 21 heavy (non-hydrogen) atoms. The minimum absolute atomic E-state index is 0.184. The van der Waals surface area contributed by atoms with E-state index in [9.17, 15) is 13.6 Å². The first-order valence-corrected chi connectivity index (χ1v) is 6.65. The molecule has 7 heteroatoms. The van der Waals surface area contributed by atoms with Crippen molar-refractivity contribution in [2.75, 3.05) is 11.4 Å². The Hall–Kier alpha value is -2.31. The highest BCUT2D eigenvalue weighted by molar-refractivity contribution is 5.96. The zero-order valence-electron chi connectivity index (χ0n) is 11.3. The molecular formula is C14H13F2N3O2. The molecule has 1 amide bonds. The van der Waals surface area contributed by atoms with Crippen LogP contribution in [0.2, 0.25) is 0 Å². The fourth-order valence-electron chi connectivity index (χ4n) is 2.39. The maximum atomic E-state index is 13.3. The Morgan fingerprint density at radius 1 is 1.33 bits per heavy atom. The van der Waals surface area contributed by atoms with Crippen LogP contribution in [0.3, 0.4) is 0 Å². The summed E-state index contributed by atoms with van der Waals surface area (Å²) in [6.07, 6.45) is 0.826. The van der Waals surface area contributed by atoms with Gasteiger partial charge in [0.2, 0.25) is 11.8 Å². The number of carbonyl (C=O) groups is 1. The van der Waals surface area contributed by atoms with E-state index in [0.29, 0.717) is 18.1 Å². The molecule has 1 unspecified atom stereocenters. The minimum atomic E-state index is -0.715. The van der Waals surface area contributed by atoms with Crippen molar-refractivity contribution in [2.24, 2.45) is 0 Å². The van der Waals surface area contributed by atoms with Gasteiger partial charge in [0, 0.05) is 31.1 Å². The van der Waals surface area contributed by atoms with Gasteiger partial charge in [0.1, 0.15) is 11.6 Å². The van der Waals surface area contributed by atoms with E-state index in [1.54, 1.807) is 0 Å². The summed E-state index contributed by atoms with van der Waals surface area (Å²) in [7, 11) is 0. The number of anilines is 1. The summed E-state index contributed by atoms with van der Waals surface area (Å²) < 4.78 is 31.6. The van der Waals surface area contributed by atoms with Crippen molar-refractivity contribution in [1.29, 1.82) is 0 Å². The largest absolute Gasteiger partial charge is 0.339 e. The Morgan fingerprint density at radius 3 is 2.67 bits per heavy atom. The Bertz CT molecular complexity index is 666. The SMILES string of the molecule is CCc1noc(C2CC(=O)N(c3cc(F)cc(F)c3)C2)n1. The number of aryl methyl sites for hydroxylation is 1. The predicted octanol–water partition coefficient (Wildman–Crippen LogP) is 2.43. The summed E-state index contributed by atoms with van der Waals surface area (Å²) in [5.74, 6) is -0.940. The summed E-state index contributed by atoms with van der Waals surface area (Å²) in [4.78, 5) is 17.6. The topological polar surface area (TPSA) is 59.2 Å². The molecule has 0 spiro atoms. The lowest BCUT2D eigenvalue weighted by atomic mass is 10.1. The first-order chi connectivity index (χ1) is 10.1. The van der Waals surface area contributed by atoms with Gasteiger partial charge in [-0.25, -0.2) is 8.78 Å². The van der Waals surface area contributed by atoms with Gasteiger partial charge < -0.3 is 9.42 Å². The fraction of sp³-hybridized carbons (Fsp3) is 0.357. The molecule has 0 saturated carbocycles. The molecule has 0 bridgehead atoms. The van der Waals surface area contributed by atoms with E-state index in [0.717, 1.165) is 18.2 Å². The molecule has 1 atom stereocenters. The predicted molar refractivity (Wildman–Crippen MR) is 69.7 cm³/mol. The average molecular weight is 293 g/mol. The van der Waals surface area contributed by atoms with Crippen molar-refractivity contribution in [3.8, 4) is 0 Å². The van der Waals surface area contributed by atoms with Crippen LogP contribution < -0.4 is 4.90 Å². The van der Waals surface area contributed by atoms with Gasteiger partial charge in [-0.1, -0.05) is 12.1 Å². The normalized spacial score (nSPS) is 18.5. The number of halogens is 2. The number of hydrogen-bond donors (Lipinski definition) is 0. The third-order valence-corrected chi connectivity index (χ3v) is 3.43. The second kappa shape index (κ2) is 5.23. The molecule has 0 N–H and O–H groups in total. The van der Waals surface area contributed by atoms with E-state index in [1.165, 1.54) is 4.90 Å². The monoisotopic (exact) mass is 293 g/mol. The zero-order valence-corrected chi connectivity index (χ0v) is 11.3. The molecule has 1 aliphatic rings. The Balaban J connectivity index is 1.84. The highest BCUT2D eigenvalue weighted by Gasteiger charge is 2.35. The molecule has 1 saturated heterocycles. The third-order valence-electron chi connectivity index (χ3n) is 3.43. The van der Waals surface area contributed by atoms with Gasteiger partial charge in [-0.05, 0) is 12.1 Å². The minimum Gasteiger partial charge on any atom is -0.339 e. The second-order valence-electron chi connectivity index (χ2n) is 4.94. The Labute approximate surface area is 119 Å². The molecule has 2 heterocycles. The average Bonchev–Trinajstić information content (AvgIpc) is 3.03. The second-order valence-corrected chi connectivity index (χ2v) is 4.94. The van der Waals surface area contributed by atoms with Crippen LogP contribution in [0.5, 0.6) is 0 Å². The lowest BCUT2D eigenvalue weighted by Crippen LogP contribution is -2.24. The Morgan fingerprint density at radius 2 is 2.05 bits per heavy atom. The number of benzene rings is 1. The van der Waals surface area contributed by atoms with Crippen LogP contribution in [-0.4, -0.2) is 22.6 Å². The van der Waals surface area contributed by atoms with Crippen molar-refractivity contribution in [2.45, 2.75) is 25.7 Å². The highest BCUT2D eigenvalue weighted by atomic mass is 19.1. The molecule has 0 radical (unpaired) electrons. The molecular weight excluding hydrogens is 280 g/mol. The van der Waals surface area contributed by atoms with Crippen LogP contribution in [0.15, 0.2) is 22.7 Å². The summed E-state index contributed by atoms with van der Waals surface area (Å²) in [5, 5.41) is 3.79. The fourth-order valence-corrected chi connectivity index (χ4v) is 2.39. The van der Waals surface area contributed by atoms with E-state index >= 15 is 0 Å². The molecule has 1 aromatic carbocycles. The molecule has 1 aromatic heterocycles. The van der Waals surface area contributed by atoms with Gasteiger partial charge in [-0.3, -0.25) is 4.79 Å². The van der Waals surface area contributed by atoms with Crippen molar-refractivity contribution < 1.29 is 18.1 Å². The number of hydrogen-bond acceptors (Lipinski definition) is 4. The standard InChI is InChI=1S/C14H13F2N3O2/c1-2-12-17-14(21-18-12)8-3-13(20)19(7-8)11-5-9(15)4-10(16)6-11/h4-6,8H,2-3,7H2,1H3. The number of rotatable bonds is 3. The Kier molecular flexibility index (Phi) is 3.40. The molecule has 1 fully saturated rings. The van der Waals surface area contributed by atoms with Crippen LogP contribution in [0.25, 0.3) is 0 Å². The summed E-state index contributed by atoms with van der Waals surface area (Å²) in [6.45, 7) is 2.17. The van der Waals surface area contributed by atoms with Crippen molar-refractivity contribution >= 4 is 11.6 Å². The number of aromatic nitrogens is 2. The van der Waals surface area contributed by atoms with Crippen molar-refractivity contribution in [3.05, 3.63) is 41.5 Å². The van der Waals surface area contributed by atoms with E-state index in [1.807, 2.05) is 6.92 Å². The maximum absolute atomic E-state index is 13.3. The van der Waals surface area contributed by atoms with Gasteiger partial charge in [0.05, 0.1) is 5.92 Å². The van der Waals surface area contributed by atoms with Gasteiger partial charge in [0.15, 0.2) is 5.82 Å². The molecule has 0 aliphatic carbocycles. The van der Waals surface area contributed by atoms with Crippen molar-refractivity contribution in [1.82, 2.24) is 10.1 Å². The van der Waals surface area contributed by atoms with Crippen LogP contribution in [0, 0.1) is 11.6 Å². The summed E-state index contributed by atoms with van der Waals surface area (Å²) in [6, 6.07) is 3.04. The molecule has 110 valence electrons. The molecule has 1 aliphatic heterocycles. The summed E-state index contributed by atoms with van der Waals surface area (Å²) >= 11 is 0. The lowest BCUT2D eigenvalue weighted by molar-refractivity contribution is -0.117. The first kappa shape index (κ1) is 13.7. The first-order valence-electron chi connectivity index (χ1n) is 6.65. The molecule has 3 rings (SSSR count). The zero-order chi connectivity index (χ0) is 15.0. The third kappa shape index (κ3) is 2.63. The van der Waals surface area contributed by atoms with E-state index < -0.39 is 11.6 Å². The molecule has 2 aromatic rings. The van der Waals surface area contributed by atoms with Gasteiger partial charge >= 0.3 is 0 Å². The number of amides is 1. The van der Waals surface area contributed by atoms with Gasteiger partial charge in [-0.15, -0.1) is 0 Å². The van der Waals surface area contributed by atoms with Crippen LogP contribution in [0.1, 0.15) is 31.0 Å². The highest BCUT2D eigenvalue weighted by Crippen LogP contribution is 2.31.